The van der Waals surface area contributed by atoms with Crippen molar-refractivity contribution in [2.24, 2.45) is 0 Å². The van der Waals surface area contributed by atoms with E-state index in [4.69, 9.17) is 0 Å². The number of ketones is 1. The first kappa shape index (κ1) is 9.67. The van der Waals surface area contributed by atoms with Crippen LogP contribution in [-0.4, -0.2) is 20.9 Å². The molecule has 1 aromatic heterocycles. The third-order valence-electron chi connectivity index (χ3n) is 1.16. The molecule has 0 atom stereocenters. The van der Waals surface area contributed by atoms with Gasteiger partial charge in [0, 0.05) is 6.42 Å². The Morgan fingerprint density at radius 1 is 1.67 bits per heavy atom. The molecule has 0 unspecified atom stereocenters. The van der Waals surface area contributed by atoms with Crippen molar-refractivity contribution >= 4 is 29.1 Å². The van der Waals surface area contributed by atoms with Gasteiger partial charge >= 0.3 is 0 Å². The first-order valence-corrected chi connectivity index (χ1v) is 5.43. The van der Waals surface area contributed by atoms with Gasteiger partial charge in [0.25, 0.3) is 0 Å². The molecule has 0 bridgehead atoms. The largest absolute Gasteiger partial charge is 0.299 e. The quantitative estimate of drug-likeness (QED) is 0.698. The van der Waals surface area contributed by atoms with E-state index in [-0.39, 0.29) is 5.78 Å². The molecule has 12 heavy (non-hydrogen) atoms. The number of carbonyl (C=O) groups excluding carboxylic acids is 1. The Morgan fingerprint density at radius 2 is 2.42 bits per heavy atom. The zero-order valence-corrected chi connectivity index (χ0v) is 8.67. The normalized spacial score (nSPS) is 10.2. The van der Waals surface area contributed by atoms with Gasteiger partial charge in [0.2, 0.25) is 0 Å². The lowest BCUT2D eigenvalue weighted by Crippen LogP contribution is -1.92. The minimum Gasteiger partial charge on any atom is -0.299 e. The van der Waals surface area contributed by atoms with Crippen LogP contribution in [0.5, 0.6) is 0 Å². The van der Waals surface area contributed by atoms with Crippen molar-refractivity contribution in [3.05, 3.63) is 5.82 Å². The van der Waals surface area contributed by atoms with Crippen LogP contribution in [0.3, 0.4) is 0 Å². The van der Waals surface area contributed by atoms with E-state index in [1.807, 2.05) is 6.92 Å². The molecule has 0 aliphatic carbocycles. The number of Topliss-reactive ketones (excluding diaryl/α,β-unsaturated/α-hetero) is 1. The van der Waals surface area contributed by atoms with Crippen LogP contribution >= 0.6 is 23.3 Å². The van der Waals surface area contributed by atoms with Gasteiger partial charge in [-0.05, 0) is 18.5 Å². The first-order chi connectivity index (χ1) is 5.72. The predicted molar refractivity (Wildman–Crippen MR) is 50.7 cm³/mol. The number of rotatable bonds is 4. The molecule has 3 nitrogen and oxygen atoms in total. The fourth-order valence-electron chi connectivity index (χ4n) is 0.604. The van der Waals surface area contributed by atoms with E-state index in [1.165, 1.54) is 23.3 Å². The summed E-state index contributed by atoms with van der Waals surface area (Å²) in [4.78, 5) is 14.8. The van der Waals surface area contributed by atoms with E-state index in [1.54, 1.807) is 6.92 Å². The molecule has 0 saturated heterocycles. The molecule has 0 fully saturated rings. The van der Waals surface area contributed by atoms with Gasteiger partial charge in [-0.15, -0.1) is 0 Å². The molecule has 0 saturated carbocycles. The van der Waals surface area contributed by atoms with Gasteiger partial charge in [-0.3, -0.25) is 4.79 Å². The standard InChI is InChI=1S/C7H10N2OS2/c1-3-6-8-7(12-9-6)11-4-5(2)10/h3-4H2,1-2H3. The summed E-state index contributed by atoms with van der Waals surface area (Å²) in [5, 5.41) is 0. The van der Waals surface area contributed by atoms with E-state index < -0.39 is 0 Å². The summed E-state index contributed by atoms with van der Waals surface area (Å²) in [7, 11) is 0. The number of thioether (sulfide) groups is 1. The molecule has 0 amide bonds. The molecule has 0 N–H and O–H groups in total. The monoisotopic (exact) mass is 202 g/mol. The van der Waals surface area contributed by atoms with Crippen molar-refractivity contribution in [2.45, 2.75) is 24.6 Å². The average Bonchev–Trinajstić information content (AvgIpc) is 2.48. The highest BCUT2D eigenvalue weighted by Gasteiger charge is 2.03. The van der Waals surface area contributed by atoms with Gasteiger partial charge in [-0.1, -0.05) is 18.7 Å². The Labute approximate surface area is 79.8 Å². The summed E-state index contributed by atoms with van der Waals surface area (Å²) in [5.41, 5.74) is 0. The number of aryl methyl sites for hydroxylation is 1. The minimum atomic E-state index is 0.174. The van der Waals surface area contributed by atoms with E-state index in [0.717, 1.165) is 16.6 Å². The summed E-state index contributed by atoms with van der Waals surface area (Å²) >= 11 is 2.83. The smallest absolute Gasteiger partial charge is 0.170 e. The molecule has 0 radical (unpaired) electrons. The van der Waals surface area contributed by atoms with Gasteiger partial charge in [-0.2, -0.15) is 4.37 Å². The third-order valence-corrected chi connectivity index (χ3v) is 3.18. The second-order valence-electron chi connectivity index (χ2n) is 2.32. The molecule has 1 aromatic rings. The van der Waals surface area contributed by atoms with Crippen molar-refractivity contribution in [3.8, 4) is 0 Å². The molecule has 66 valence electrons. The summed E-state index contributed by atoms with van der Waals surface area (Å²) in [6.45, 7) is 3.59. The van der Waals surface area contributed by atoms with Crippen molar-refractivity contribution in [2.75, 3.05) is 5.75 Å². The third kappa shape index (κ3) is 2.91. The summed E-state index contributed by atoms with van der Waals surface area (Å²) in [5.74, 6) is 1.54. The van der Waals surface area contributed by atoms with Crippen molar-refractivity contribution in [1.82, 2.24) is 9.36 Å². The molecule has 0 aliphatic rings. The maximum absolute atomic E-state index is 10.6. The summed E-state index contributed by atoms with van der Waals surface area (Å²) in [6, 6.07) is 0. The lowest BCUT2D eigenvalue weighted by atomic mass is 10.5. The molecule has 0 aliphatic heterocycles. The highest BCUT2D eigenvalue weighted by molar-refractivity contribution is 8.01. The van der Waals surface area contributed by atoms with Crippen LogP contribution in [0.1, 0.15) is 19.7 Å². The molecule has 0 aromatic carbocycles. The number of aromatic nitrogens is 2. The van der Waals surface area contributed by atoms with Crippen LogP contribution in [0.25, 0.3) is 0 Å². The Bertz CT molecular complexity index is 272. The molecule has 0 spiro atoms. The van der Waals surface area contributed by atoms with E-state index in [9.17, 15) is 4.79 Å². The minimum absolute atomic E-state index is 0.174. The maximum Gasteiger partial charge on any atom is 0.170 e. The summed E-state index contributed by atoms with van der Waals surface area (Å²) < 4.78 is 5.00. The highest BCUT2D eigenvalue weighted by Crippen LogP contribution is 2.19. The van der Waals surface area contributed by atoms with Crippen LogP contribution in [0.4, 0.5) is 0 Å². The van der Waals surface area contributed by atoms with Crippen molar-refractivity contribution in [1.29, 1.82) is 0 Å². The first-order valence-electron chi connectivity index (χ1n) is 3.67. The van der Waals surface area contributed by atoms with Gasteiger partial charge < -0.3 is 0 Å². The number of hydrogen-bond acceptors (Lipinski definition) is 5. The van der Waals surface area contributed by atoms with Gasteiger partial charge in [0.15, 0.2) is 4.34 Å². The Morgan fingerprint density at radius 3 is 2.92 bits per heavy atom. The Balaban J connectivity index is 2.47. The Kier molecular flexibility index (Phi) is 3.68. The number of hydrogen-bond donors (Lipinski definition) is 0. The zero-order chi connectivity index (χ0) is 8.97. The van der Waals surface area contributed by atoms with Crippen molar-refractivity contribution in [3.63, 3.8) is 0 Å². The second kappa shape index (κ2) is 4.57. The van der Waals surface area contributed by atoms with Gasteiger partial charge in [-0.25, -0.2) is 4.98 Å². The fourth-order valence-corrected chi connectivity index (χ4v) is 2.10. The van der Waals surface area contributed by atoms with Crippen LogP contribution in [-0.2, 0) is 11.2 Å². The SMILES string of the molecule is CCc1nsc(SCC(C)=O)n1. The maximum atomic E-state index is 10.6. The molecule has 1 rings (SSSR count). The molecule has 5 heteroatoms. The number of nitrogens with zero attached hydrogens (tertiary/aromatic N) is 2. The fraction of sp³-hybridized carbons (Fsp3) is 0.571. The van der Waals surface area contributed by atoms with Crippen molar-refractivity contribution < 1.29 is 4.79 Å². The van der Waals surface area contributed by atoms with E-state index in [2.05, 4.69) is 9.36 Å². The van der Waals surface area contributed by atoms with Crippen LogP contribution in [0.15, 0.2) is 4.34 Å². The highest BCUT2D eigenvalue weighted by atomic mass is 32.2. The number of carbonyl (C=O) groups is 1. The van der Waals surface area contributed by atoms with E-state index in [0.29, 0.717) is 5.75 Å². The zero-order valence-electron chi connectivity index (χ0n) is 7.03. The van der Waals surface area contributed by atoms with Crippen LogP contribution in [0.2, 0.25) is 0 Å². The predicted octanol–water partition coefficient (Wildman–Crippen LogP) is 1.78. The van der Waals surface area contributed by atoms with Crippen LogP contribution < -0.4 is 0 Å². The molecular weight excluding hydrogens is 192 g/mol. The van der Waals surface area contributed by atoms with Gasteiger partial charge in [0.1, 0.15) is 11.6 Å². The Hall–Kier alpha value is -0.420. The van der Waals surface area contributed by atoms with Gasteiger partial charge in [0.05, 0.1) is 5.75 Å². The molecule has 1 heterocycles. The molecular formula is C7H10N2OS2. The second-order valence-corrected chi connectivity index (χ2v) is 4.30. The lowest BCUT2D eigenvalue weighted by molar-refractivity contribution is -0.114. The summed E-state index contributed by atoms with van der Waals surface area (Å²) in [6.07, 6.45) is 0.858. The van der Waals surface area contributed by atoms with Crippen LogP contribution in [0, 0.1) is 0 Å². The lowest BCUT2D eigenvalue weighted by Gasteiger charge is -1.89. The topological polar surface area (TPSA) is 42.9 Å². The average molecular weight is 202 g/mol. The van der Waals surface area contributed by atoms with E-state index >= 15 is 0 Å².